The van der Waals surface area contributed by atoms with Crippen molar-refractivity contribution in [2.75, 3.05) is 7.05 Å². The fraction of sp³-hybridized carbons (Fsp3) is 0.625. The number of rotatable bonds is 5. The van der Waals surface area contributed by atoms with Crippen LogP contribution in [-0.4, -0.2) is 31.1 Å². The van der Waals surface area contributed by atoms with Crippen LogP contribution >= 0.6 is 11.3 Å². The molecule has 1 aromatic heterocycles. The van der Waals surface area contributed by atoms with Gasteiger partial charge in [0.1, 0.15) is 6.54 Å². The van der Waals surface area contributed by atoms with E-state index in [0.717, 1.165) is 37.1 Å². The van der Waals surface area contributed by atoms with Crippen molar-refractivity contribution in [2.45, 2.75) is 57.7 Å². The molecule has 1 fully saturated rings. The first-order valence-electron chi connectivity index (χ1n) is 8.02. The SMILES string of the molecule is C[C@@H](C(=O)NC(=O)NC1CCCCC1)[NH+](C)Cc1cccs1. The molecule has 0 saturated heterocycles. The van der Waals surface area contributed by atoms with Gasteiger partial charge in [-0.2, -0.15) is 0 Å². The standard InChI is InChI=1S/C16H25N3O2S/c1-12(19(2)11-14-9-6-10-22-14)15(20)18-16(21)17-13-7-4-3-5-8-13/h6,9-10,12-13H,3-5,7-8,11H2,1-2H3,(H2,17,18,20,21)/p+1/t12-/m0/s1. The van der Waals surface area contributed by atoms with Gasteiger partial charge in [-0.1, -0.05) is 25.3 Å². The van der Waals surface area contributed by atoms with Gasteiger partial charge in [-0.25, -0.2) is 4.79 Å². The quantitative estimate of drug-likeness (QED) is 0.765. The molecule has 3 N–H and O–H groups in total. The number of thiophene rings is 1. The minimum atomic E-state index is -0.354. The van der Waals surface area contributed by atoms with Crippen LogP contribution in [0.15, 0.2) is 17.5 Å². The largest absolute Gasteiger partial charge is 0.335 e. The van der Waals surface area contributed by atoms with Crippen molar-refractivity contribution in [2.24, 2.45) is 0 Å². The summed E-state index contributed by atoms with van der Waals surface area (Å²) in [6, 6.07) is 3.67. The van der Waals surface area contributed by atoms with Gasteiger partial charge in [-0.15, -0.1) is 11.3 Å². The van der Waals surface area contributed by atoms with Gasteiger partial charge in [0.2, 0.25) is 0 Å². The van der Waals surface area contributed by atoms with Gasteiger partial charge < -0.3 is 10.2 Å². The Hall–Kier alpha value is -1.40. The average molecular weight is 324 g/mol. The van der Waals surface area contributed by atoms with Crippen molar-refractivity contribution in [1.29, 1.82) is 0 Å². The minimum absolute atomic E-state index is 0.216. The Morgan fingerprint density at radius 2 is 2.09 bits per heavy atom. The molecule has 1 aromatic rings. The van der Waals surface area contributed by atoms with E-state index in [1.807, 2.05) is 25.4 Å². The lowest BCUT2D eigenvalue weighted by molar-refractivity contribution is -0.907. The first-order chi connectivity index (χ1) is 10.6. The number of hydrogen-bond donors (Lipinski definition) is 3. The van der Waals surface area contributed by atoms with E-state index in [1.54, 1.807) is 11.3 Å². The Bertz CT molecular complexity index is 484. The van der Waals surface area contributed by atoms with Gasteiger partial charge in [0.05, 0.1) is 11.9 Å². The Morgan fingerprint density at radius 3 is 2.73 bits per heavy atom. The normalized spacial score (nSPS) is 18.5. The van der Waals surface area contributed by atoms with E-state index < -0.39 is 0 Å². The topological polar surface area (TPSA) is 62.6 Å². The second-order valence-electron chi connectivity index (χ2n) is 6.12. The third kappa shape index (κ3) is 5.10. The van der Waals surface area contributed by atoms with Crippen LogP contribution in [0.5, 0.6) is 0 Å². The van der Waals surface area contributed by atoms with Crippen LogP contribution in [0.25, 0.3) is 0 Å². The van der Waals surface area contributed by atoms with Crippen molar-refractivity contribution >= 4 is 23.3 Å². The number of urea groups is 1. The summed E-state index contributed by atoms with van der Waals surface area (Å²) < 4.78 is 0. The first kappa shape index (κ1) is 17.0. The van der Waals surface area contributed by atoms with Crippen molar-refractivity contribution in [3.63, 3.8) is 0 Å². The predicted molar refractivity (Wildman–Crippen MR) is 87.9 cm³/mol. The molecular formula is C16H26N3O2S+. The molecule has 1 heterocycles. The van der Waals surface area contributed by atoms with Crippen LogP contribution in [0.2, 0.25) is 0 Å². The highest BCUT2D eigenvalue weighted by Crippen LogP contribution is 2.17. The van der Waals surface area contributed by atoms with Gasteiger partial charge in [-0.05, 0) is 31.2 Å². The molecule has 0 aliphatic heterocycles. The molecule has 5 nitrogen and oxygen atoms in total. The summed E-state index contributed by atoms with van der Waals surface area (Å²) >= 11 is 1.69. The second kappa shape index (κ2) is 8.29. The molecule has 0 aromatic carbocycles. The van der Waals surface area contributed by atoms with E-state index >= 15 is 0 Å². The van der Waals surface area contributed by atoms with Gasteiger partial charge in [-0.3, -0.25) is 10.1 Å². The Kier molecular flexibility index (Phi) is 6.39. The summed E-state index contributed by atoms with van der Waals surface area (Å²) in [4.78, 5) is 26.4. The molecule has 0 bridgehead atoms. The highest BCUT2D eigenvalue weighted by molar-refractivity contribution is 7.09. The number of hydrogen-bond acceptors (Lipinski definition) is 3. The van der Waals surface area contributed by atoms with Crippen LogP contribution in [0, 0.1) is 0 Å². The summed E-state index contributed by atoms with van der Waals surface area (Å²) in [6.07, 6.45) is 5.58. The molecule has 122 valence electrons. The van der Waals surface area contributed by atoms with Crippen LogP contribution in [0.3, 0.4) is 0 Å². The fourth-order valence-electron chi connectivity index (χ4n) is 2.75. The van der Waals surface area contributed by atoms with Crippen LogP contribution in [0.1, 0.15) is 43.9 Å². The summed E-state index contributed by atoms with van der Waals surface area (Å²) in [7, 11) is 1.98. The molecular weight excluding hydrogens is 298 g/mol. The molecule has 1 aliphatic carbocycles. The van der Waals surface area contributed by atoms with E-state index in [0.29, 0.717) is 0 Å². The molecule has 0 radical (unpaired) electrons. The number of carbonyl (C=O) groups excluding carboxylic acids is 2. The molecule has 2 atom stereocenters. The zero-order valence-corrected chi connectivity index (χ0v) is 14.2. The number of nitrogens with one attached hydrogen (secondary N) is 3. The first-order valence-corrected chi connectivity index (χ1v) is 8.90. The lowest BCUT2D eigenvalue weighted by atomic mass is 9.96. The maximum Gasteiger partial charge on any atom is 0.321 e. The highest BCUT2D eigenvalue weighted by Gasteiger charge is 2.25. The smallest absolute Gasteiger partial charge is 0.321 e. The summed E-state index contributed by atoms with van der Waals surface area (Å²) in [5, 5.41) is 7.42. The zero-order valence-electron chi connectivity index (χ0n) is 13.4. The van der Waals surface area contributed by atoms with E-state index in [9.17, 15) is 9.59 Å². The Labute approximate surface area is 136 Å². The van der Waals surface area contributed by atoms with Crippen LogP contribution in [-0.2, 0) is 11.3 Å². The molecule has 22 heavy (non-hydrogen) atoms. The van der Waals surface area contributed by atoms with Crippen molar-refractivity contribution in [1.82, 2.24) is 10.6 Å². The number of amides is 3. The molecule has 1 unspecified atom stereocenters. The lowest BCUT2D eigenvalue weighted by Gasteiger charge is -2.24. The summed E-state index contributed by atoms with van der Waals surface area (Å²) in [5.74, 6) is -0.220. The van der Waals surface area contributed by atoms with Gasteiger partial charge in [0.15, 0.2) is 6.04 Å². The third-order valence-electron chi connectivity index (χ3n) is 4.34. The number of imide groups is 1. The number of quaternary nitrogens is 1. The van der Waals surface area contributed by atoms with Crippen molar-refractivity contribution in [3.05, 3.63) is 22.4 Å². The maximum atomic E-state index is 12.2. The molecule has 2 rings (SSSR count). The van der Waals surface area contributed by atoms with Crippen LogP contribution in [0.4, 0.5) is 4.79 Å². The summed E-state index contributed by atoms with van der Waals surface area (Å²) in [6.45, 7) is 2.64. The monoisotopic (exact) mass is 324 g/mol. The number of carbonyl (C=O) groups is 2. The Balaban J connectivity index is 1.76. The van der Waals surface area contributed by atoms with Gasteiger partial charge in [0.25, 0.3) is 5.91 Å². The third-order valence-corrected chi connectivity index (χ3v) is 5.22. The van der Waals surface area contributed by atoms with Crippen molar-refractivity contribution < 1.29 is 14.5 Å². The van der Waals surface area contributed by atoms with E-state index in [1.165, 1.54) is 11.3 Å². The van der Waals surface area contributed by atoms with E-state index in [-0.39, 0.29) is 24.0 Å². The molecule has 1 saturated carbocycles. The molecule has 1 aliphatic rings. The van der Waals surface area contributed by atoms with E-state index in [4.69, 9.17) is 0 Å². The predicted octanol–water partition coefficient (Wildman–Crippen LogP) is 1.31. The summed E-state index contributed by atoms with van der Waals surface area (Å²) in [5.41, 5.74) is 0. The molecule has 6 heteroatoms. The van der Waals surface area contributed by atoms with Crippen LogP contribution < -0.4 is 15.5 Å². The molecule has 0 spiro atoms. The lowest BCUT2D eigenvalue weighted by Crippen LogP contribution is -3.12. The minimum Gasteiger partial charge on any atom is -0.335 e. The van der Waals surface area contributed by atoms with Gasteiger partial charge in [0, 0.05) is 6.04 Å². The van der Waals surface area contributed by atoms with E-state index in [2.05, 4.69) is 16.7 Å². The average Bonchev–Trinajstić information content (AvgIpc) is 3.00. The highest BCUT2D eigenvalue weighted by atomic mass is 32.1. The molecule has 3 amide bonds. The maximum absolute atomic E-state index is 12.2. The van der Waals surface area contributed by atoms with Crippen molar-refractivity contribution in [3.8, 4) is 0 Å². The second-order valence-corrected chi connectivity index (χ2v) is 7.15. The number of likely N-dealkylation sites (N-methyl/N-ethyl adjacent to an activating group) is 1. The zero-order chi connectivity index (χ0) is 15.9. The van der Waals surface area contributed by atoms with Gasteiger partial charge >= 0.3 is 6.03 Å². The Morgan fingerprint density at radius 1 is 1.36 bits per heavy atom. The fourth-order valence-corrected chi connectivity index (χ4v) is 3.55.